The first-order valence-electron chi connectivity index (χ1n) is 6.70. The molecule has 2 aromatic rings. The molecule has 4 nitrogen and oxygen atoms in total. The van der Waals surface area contributed by atoms with E-state index in [1.807, 2.05) is 36.4 Å². The van der Waals surface area contributed by atoms with Crippen molar-refractivity contribution in [3.63, 3.8) is 0 Å². The average molecular weight is 428 g/mol. The van der Waals surface area contributed by atoms with Crippen molar-refractivity contribution in [2.75, 3.05) is 11.9 Å². The van der Waals surface area contributed by atoms with Gasteiger partial charge in [-0.05, 0) is 64.6 Å². The number of rotatable bonds is 6. The molecule has 2 N–H and O–H groups in total. The molecule has 0 atom stereocenters. The van der Waals surface area contributed by atoms with Crippen molar-refractivity contribution >= 4 is 52.0 Å². The number of nitrogens with one attached hydrogen (secondary N) is 2. The zero-order chi connectivity index (χ0) is 15.8. The van der Waals surface area contributed by atoms with Crippen LogP contribution in [0.5, 0.6) is 0 Å². The minimum atomic E-state index is -0.136. The van der Waals surface area contributed by atoms with Gasteiger partial charge in [-0.3, -0.25) is 4.79 Å². The SMILES string of the molecule is O=C(CCNc1ccc(I)cc1)N/N=C/c1ccc(Cl)cc1. The van der Waals surface area contributed by atoms with Gasteiger partial charge in [0.25, 0.3) is 0 Å². The number of benzene rings is 2. The number of hydrogen-bond donors (Lipinski definition) is 2. The fourth-order valence-corrected chi connectivity index (χ4v) is 2.16. The van der Waals surface area contributed by atoms with E-state index in [4.69, 9.17) is 11.6 Å². The second-order valence-electron chi connectivity index (χ2n) is 4.53. The van der Waals surface area contributed by atoms with Crippen LogP contribution in [0.1, 0.15) is 12.0 Å². The number of carbonyl (C=O) groups excluding carboxylic acids is 1. The second-order valence-corrected chi connectivity index (χ2v) is 6.21. The molecular weight excluding hydrogens is 413 g/mol. The van der Waals surface area contributed by atoms with Crippen molar-refractivity contribution < 1.29 is 4.79 Å². The van der Waals surface area contributed by atoms with E-state index < -0.39 is 0 Å². The van der Waals surface area contributed by atoms with Crippen LogP contribution >= 0.6 is 34.2 Å². The lowest BCUT2D eigenvalue weighted by atomic mass is 10.2. The van der Waals surface area contributed by atoms with E-state index >= 15 is 0 Å². The molecule has 0 fully saturated rings. The topological polar surface area (TPSA) is 53.5 Å². The number of amides is 1. The standard InChI is InChI=1S/C16H15ClIN3O/c17-13-3-1-12(2-4-13)11-20-21-16(22)9-10-19-15-7-5-14(18)6-8-15/h1-8,11,19H,9-10H2,(H,21,22)/b20-11+. The maximum Gasteiger partial charge on any atom is 0.241 e. The number of nitrogens with zero attached hydrogens (tertiary/aromatic N) is 1. The van der Waals surface area contributed by atoms with Crippen LogP contribution in [0.25, 0.3) is 0 Å². The largest absolute Gasteiger partial charge is 0.385 e. The summed E-state index contributed by atoms with van der Waals surface area (Å²) in [6, 6.07) is 15.2. The van der Waals surface area contributed by atoms with Crippen LogP contribution in [-0.4, -0.2) is 18.7 Å². The third-order valence-corrected chi connectivity index (χ3v) is 3.77. The van der Waals surface area contributed by atoms with Gasteiger partial charge in [0, 0.05) is 27.2 Å². The molecule has 1 amide bonds. The molecule has 0 radical (unpaired) electrons. The van der Waals surface area contributed by atoms with Gasteiger partial charge in [0.05, 0.1) is 6.21 Å². The highest BCUT2D eigenvalue weighted by molar-refractivity contribution is 14.1. The molecule has 0 saturated heterocycles. The van der Waals surface area contributed by atoms with Crippen molar-refractivity contribution in [1.29, 1.82) is 0 Å². The van der Waals surface area contributed by atoms with Crippen molar-refractivity contribution in [3.05, 3.63) is 62.7 Å². The van der Waals surface area contributed by atoms with E-state index in [2.05, 4.69) is 38.4 Å². The van der Waals surface area contributed by atoms with Gasteiger partial charge in [0.2, 0.25) is 5.91 Å². The summed E-state index contributed by atoms with van der Waals surface area (Å²) in [5, 5.41) is 7.77. The predicted octanol–water partition coefficient (Wildman–Crippen LogP) is 3.90. The van der Waals surface area contributed by atoms with E-state index in [1.165, 1.54) is 3.57 Å². The quantitative estimate of drug-likeness (QED) is 0.417. The Bertz CT molecular complexity index is 641. The molecule has 0 saturated carbocycles. The Kier molecular flexibility index (Phi) is 6.67. The summed E-state index contributed by atoms with van der Waals surface area (Å²) in [5.41, 5.74) is 4.37. The molecule has 0 spiro atoms. The number of anilines is 1. The van der Waals surface area contributed by atoms with Gasteiger partial charge in [-0.25, -0.2) is 5.43 Å². The molecule has 0 aliphatic carbocycles. The van der Waals surface area contributed by atoms with E-state index in [1.54, 1.807) is 18.3 Å². The molecule has 2 rings (SSSR count). The number of halogens is 2. The Morgan fingerprint density at radius 3 is 2.50 bits per heavy atom. The Morgan fingerprint density at radius 2 is 1.82 bits per heavy atom. The molecule has 114 valence electrons. The molecule has 0 aromatic heterocycles. The average Bonchev–Trinajstić information content (AvgIpc) is 2.51. The van der Waals surface area contributed by atoms with E-state index in [0.29, 0.717) is 18.0 Å². The lowest BCUT2D eigenvalue weighted by molar-refractivity contribution is -0.120. The summed E-state index contributed by atoms with van der Waals surface area (Å²) in [7, 11) is 0. The van der Waals surface area contributed by atoms with Gasteiger partial charge >= 0.3 is 0 Å². The first-order valence-corrected chi connectivity index (χ1v) is 8.16. The minimum absolute atomic E-state index is 0.136. The van der Waals surface area contributed by atoms with Crippen LogP contribution in [0.15, 0.2) is 53.6 Å². The molecule has 2 aromatic carbocycles. The summed E-state index contributed by atoms with van der Waals surface area (Å²) in [4.78, 5) is 11.6. The Hall–Kier alpha value is -1.60. The van der Waals surface area contributed by atoms with Crippen molar-refractivity contribution in [2.24, 2.45) is 5.10 Å². The lowest BCUT2D eigenvalue weighted by Gasteiger charge is -2.05. The second kappa shape index (κ2) is 8.75. The van der Waals surface area contributed by atoms with Crippen LogP contribution in [0, 0.1) is 3.57 Å². The van der Waals surface area contributed by atoms with Gasteiger partial charge in [0.1, 0.15) is 0 Å². The van der Waals surface area contributed by atoms with Gasteiger partial charge in [0.15, 0.2) is 0 Å². The molecule has 0 aliphatic heterocycles. The van der Waals surface area contributed by atoms with Crippen LogP contribution < -0.4 is 10.7 Å². The summed E-state index contributed by atoms with van der Waals surface area (Å²) in [5.74, 6) is -0.136. The van der Waals surface area contributed by atoms with Crippen LogP contribution in [0.2, 0.25) is 5.02 Å². The number of carbonyl (C=O) groups is 1. The van der Waals surface area contributed by atoms with Gasteiger partial charge in [-0.2, -0.15) is 5.10 Å². The molecule has 22 heavy (non-hydrogen) atoms. The highest BCUT2D eigenvalue weighted by atomic mass is 127. The Morgan fingerprint density at radius 1 is 1.14 bits per heavy atom. The maximum atomic E-state index is 11.6. The number of hydrazone groups is 1. The van der Waals surface area contributed by atoms with Crippen LogP contribution in [0.4, 0.5) is 5.69 Å². The Balaban J connectivity index is 1.69. The normalized spacial score (nSPS) is 10.6. The first-order chi connectivity index (χ1) is 10.6. The smallest absolute Gasteiger partial charge is 0.241 e. The molecule has 0 unspecified atom stereocenters. The zero-order valence-corrected chi connectivity index (χ0v) is 14.6. The maximum absolute atomic E-state index is 11.6. The zero-order valence-electron chi connectivity index (χ0n) is 11.7. The molecule has 0 heterocycles. The fourth-order valence-electron chi connectivity index (χ4n) is 1.67. The molecule has 0 bridgehead atoms. The van der Waals surface area contributed by atoms with Gasteiger partial charge in [-0.15, -0.1) is 0 Å². The molecule has 0 aliphatic rings. The van der Waals surface area contributed by atoms with Crippen molar-refractivity contribution in [2.45, 2.75) is 6.42 Å². The number of hydrogen-bond acceptors (Lipinski definition) is 3. The van der Waals surface area contributed by atoms with E-state index in [9.17, 15) is 4.79 Å². The first kappa shape index (κ1) is 16.8. The monoisotopic (exact) mass is 427 g/mol. The molecular formula is C16H15ClIN3O. The van der Waals surface area contributed by atoms with Gasteiger partial charge < -0.3 is 5.32 Å². The highest BCUT2D eigenvalue weighted by Crippen LogP contribution is 2.11. The third kappa shape index (κ3) is 6.03. The third-order valence-electron chi connectivity index (χ3n) is 2.80. The van der Waals surface area contributed by atoms with E-state index in [0.717, 1.165) is 11.3 Å². The minimum Gasteiger partial charge on any atom is -0.385 e. The van der Waals surface area contributed by atoms with E-state index in [-0.39, 0.29) is 5.91 Å². The fraction of sp³-hybridized carbons (Fsp3) is 0.125. The highest BCUT2D eigenvalue weighted by Gasteiger charge is 1.99. The molecule has 6 heteroatoms. The summed E-state index contributed by atoms with van der Waals surface area (Å²) in [6.45, 7) is 0.558. The summed E-state index contributed by atoms with van der Waals surface area (Å²) < 4.78 is 1.18. The van der Waals surface area contributed by atoms with Crippen molar-refractivity contribution in [1.82, 2.24) is 5.43 Å². The van der Waals surface area contributed by atoms with Crippen LogP contribution in [-0.2, 0) is 4.79 Å². The summed E-state index contributed by atoms with van der Waals surface area (Å²) >= 11 is 8.04. The lowest BCUT2D eigenvalue weighted by Crippen LogP contribution is -2.20. The van der Waals surface area contributed by atoms with Gasteiger partial charge in [-0.1, -0.05) is 23.7 Å². The Labute approximate surface area is 148 Å². The summed E-state index contributed by atoms with van der Waals surface area (Å²) in [6.07, 6.45) is 1.94. The van der Waals surface area contributed by atoms with Crippen LogP contribution in [0.3, 0.4) is 0 Å². The van der Waals surface area contributed by atoms with Crippen molar-refractivity contribution in [3.8, 4) is 0 Å². The predicted molar refractivity (Wildman–Crippen MR) is 99.5 cm³/mol.